The van der Waals surface area contributed by atoms with Crippen LogP contribution >= 0.6 is 0 Å². The molecule has 20 heavy (non-hydrogen) atoms. The minimum atomic E-state index is 0.527. The van der Waals surface area contributed by atoms with Gasteiger partial charge in [0.2, 0.25) is 0 Å². The molecule has 0 unspecified atom stereocenters. The van der Waals surface area contributed by atoms with E-state index in [2.05, 4.69) is 48.1 Å². The van der Waals surface area contributed by atoms with Crippen LogP contribution in [0.25, 0.3) is 11.0 Å². The molecule has 0 aliphatic carbocycles. The van der Waals surface area contributed by atoms with Gasteiger partial charge in [0.1, 0.15) is 5.82 Å². The maximum absolute atomic E-state index is 4.79. The Balaban J connectivity index is 1.89. The van der Waals surface area contributed by atoms with Gasteiger partial charge < -0.3 is 10.2 Å². The predicted octanol–water partition coefficient (Wildman–Crippen LogP) is 2.37. The Kier molecular flexibility index (Phi) is 3.57. The minimum Gasteiger partial charge on any atom is -0.352 e. The minimum absolute atomic E-state index is 0.527. The standard InChI is InChI=1S/C16H22N4/c1-11(2)15-10-20(7-6-17-15)16-9-18-13-5-4-12(3)8-14(13)19-16/h4-5,8-9,11,15,17H,6-7,10H2,1-3H3/t15-/m1/s1. The highest BCUT2D eigenvalue weighted by molar-refractivity contribution is 5.76. The lowest BCUT2D eigenvalue weighted by Gasteiger charge is -2.36. The summed E-state index contributed by atoms with van der Waals surface area (Å²) in [6.07, 6.45) is 1.90. The van der Waals surface area contributed by atoms with Gasteiger partial charge in [-0.3, -0.25) is 4.98 Å². The summed E-state index contributed by atoms with van der Waals surface area (Å²) >= 11 is 0. The smallest absolute Gasteiger partial charge is 0.147 e. The summed E-state index contributed by atoms with van der Waals surface area (Å²) in [4.78, 5) is 11.7. The Hall–Kier alpha value is -1.68. The molecule has 3 rings (SSSR count). The van der Waals surface area contributed by atoms with Crippen molar-refractivity contribution in [2.45, 2.75) is 26.8 Å². The van der Waals surface area contributed by atoms with Crippen LogP contribution in [0.1, 0.15) is 19.4 Å². The molecule has 4 nitrogen and oxygen atoms in total. The first-order chi connectivity index (χ1) is 9.63. The number of benzene rings is 1. The van der Waals surface area contributed by atoms with Crippen LogP contribution in [-0.2, 0) is 0 Å². The van der Waals surface area contributed by atoms with Crippen LogP contribution in [0.5, 0.6) is 0 Å². The summed E-state index contributed by atoms with van der Waals surface area (Å²) in [6.45, 7) is 9.62. The van der Waals surface area contributed by atoms with Gasteiger partial charge in [-0.25, -0.2) is 4.98 Å². The summed E-state index contributed by atoms with van der Waals surface area (Å²) in [5.41, 5.74) is 3.18. The van der Waals surface area contributed by atoms with Gasteiger partial charge in [-0.15, -0.1) is 0 Å². The molecule has 0 spiro atoms. The number of fused-ring (bicyclic) bond motifs is 1. The van der Waals surface area contributed by atoms with E-state index in [1.54, 1.807) is 0 Å². The molecule has 1 aliphatic rings. The van der Waals surface area contributed by atoms with Crippen molar-refractivity contribution in [1.29, 1.82) is 0 Å². The molecule has 2 heterocycles. The molecule has 106 valence electrons. The second kappa shape index (κ2) is 5.37. The van der Waals surface area contributed by atoms with E-state index in [0.29, 0.717) is 12.0 Å². The maximum atomic E-state index is 4.79. The van der Waals surface area contributed by atoms with Crippen LogP contribution in [0.4, 0.5) is 5.82 Å². The van der Waals surface area contributed by atoms with Crippen LogP contribution in [0.3, 0.4) is 0 Å². The normalized spacial score (nSPS) is 19.8. The summed E-state index contributed by atoms with van der Waals surface area (Å²) < 4.78 is 0. The molecule has 2 aromatic rings. The highest BCUT2D eigenvalue weighted by Gasteiger charge is 2.22. The van der Waals surface area contributed by atoms with Crippen molar-refractivity contribution in [2.24, 2.45) is 5.92 Å². The molecule has 1 atom stereocenters. The van der Waals surface area contributed by atoms with Gasteiger partial charge in [0.05, 0.1) is 17.2 Å². The molecule has 4 heteroatoms. The van der Waals surface area contributed by atoms with E-state index >= 15 is 0 Å². The van der Waals surface area contributed by atoms with Crippen molar-refractivity contribution in [1.82, 2.24) is 15.3 Å². The number of nitrogens with zero attached hydrogens (tertiary/aromatic N) is 3. The Morgan fingerprint density at radius 1 is 1.30 bits per heavy atom. The third-order valence-electron chi connectivity index (χ3n) is 4.02. The monoisotopic (exact) mass is 270 g/mol. The van der Waals surface area contributed by atoms with Gasteiger partial charge in [-0.05, 0) is 30.5 Å². The molecule has 1 N–H and O–H groups in total. The van der Waals surface area contributed by atoms with Crippen LogP contribution in [-0.4, -0.2) is 35.6 Å². The second-order valence-corrected chi connectivity index (χ2v) is 5.97. The van der Waals surface area contributed by atoms with E-state index in [0.717, 1.165) is 36.5 Å². The third-order valence-corrected chi connectivity index (χ3v) is 4.02. The van der Waals surface area contributed by atoms with Crippen LogP contribution in [0, 0.1) is 12.8 Å². The highest BCUT2D eigenvalue weighted by atomic mass is 15.2. The zero-order valence-corrected chi connectivity index (χ0v) is 12.4. The van der Waals surface area contributed by atoms with E-state index in [9.17, 15) is 0 Å². The summed E-state index contributed by atoms with van der Waals surface area (Å²) in [7, 11) is 0. The fourth-order valence-corrected chi connectivity index (χ4v) is 2.70. The van der Waals surface area contributed by atoms with Gasteiger partial charge in [-0.1, -0.05) is 19.9 Å². The fraction of sp³-hybridized carbons (Fsp3) is 0.500. The molecule has 1 aromatic heterocycles. The Labute approximate surface area is 120 Å². The SMILES string of the molecule is Cc1ccc2ncc(N3CCN[C@@H](C(C)C)C3)nc2c1. The molecule has 0 saturated carbocycles. The Morgan fingerprint density at radius 3 is 2.95 bits per heavy atom. The maximum Gasteiger partial charge on any atom is 0.147 e. The number of nitrogens with one attached hydrogen (secondary N) is 1. The number of aryl methyl sites for hydroxylation is 1. The first-order valence-corrected chi connectivity index (χ1v) is 7.35. The number of piperazine rings is 1. The topological polar surface area (TPSA) is 41.1 Å². The molecule has 1 aromatic carbocycles. The zero-order valence-electron chi connectivity index (χ0n) is 12.4. The van der Waals surface area contributed by atoms with Crippen molar-refractivity contribution in [2.75, 3.05) is 24.5 Å². The van der Waals surface area contributed by atoms with Crippen LogP contribution in [0.2, 0.25) is 0 Å². The number of rotatable bonds is 2. The van der Waals surface area contributed by atoms with E-state index < -0.39 is 0 Å². The summed E-state index contributed by atoms with van der Waals surface area (Å²) in [6, 6.07) is 6.75. The number of anilines is 1. The summed E-state index contributed by atoms with van der Waals surface area (Å²) in [5, 5.41) is 3.57. The largest absolute Gasteiger partial charge is 0.352 e. The average molecular weight is 270 g/mol. The molecular formula is C16H22N4. The molecule has 0 bridgehead atoms. The van der Waals surface area contributed by atoms with Crippen molar-refractivity contribution < 1.29 is 0 Å². The molecule has 1 fully saturated rings. The lowest BCUT2D eigenvalue weighted by molar-refractivity contribution is 0.367. The third kappa shape index (κ3) is 2.61. The van der Waals surface area contributed by atoms with Crippen molar-refractivity contribution >= 4 is 16.9 Å². The lowest BCUT2D eigenvalue weighted by atomic mass is 10.0. The Morgan fingerprint density at radius 2 is 2.15 bits per heavy atom. The van der Waals surface area contributed by atoms with Crippen molar-refractivity contribution in [3.63, 3.8) is 0 Å². The first-order valence-electron chi connectivity index (χ1n) is 7.35. The lowest BCUT2D eigenvalue weighted by Crippen LogP contribution is -2.53. The van der Waals surface area contributed by atoms with E-state index in [-0.39, 0.29) is 0 Å². The first kappa shape index (κ1) is 13.3. The van der Waals surface area contributed by atoms with Gasteiger partial charge in [0.15, 0.2) is 0 Å². The van der Waals surface area contributed by atoms with Gasteiger partial charge in [-0.2, -0.15) is 0 Å². The molecule has 0 radical (unpaired) electrons. The fourth-order valence-electron chi connectivity index (χ4n) is 2.70. The average Bonchev–Trinajstić information content (AvgIpc) is 2.46. The highest BCUT2D eigenvalue weighted by Crippen LogP contribution is 2.19. The zero-order chi connectivity index (χ0) is 14.1. The Bertz CT molecular complexity index is 608. The van der Waals surface area contributed by atoms with Gasteiger partial charge in [0.25, 0.3) is 0 Å². The van der Waals surface area contributed by atoms with Crippen molar-refractivity contribution in [3.05, 3.63) is 30.0 Å². The van der Waals surface area contributed by atoms with E-state index in [1.165, 1.54) is 5.56 Å². The van der Waals surface area contributed by atoms with Gasteiger partial charge in [0, 0.05) is 25.7 Å². The number of aromatic nitrogens is 2. The van der Waals surface area contributed by atoms with Gasteiger partial charge >= 0.3 is 0 Å². The summed E-state index contributed by atoms with van der Waals surface area (Å²) in [5.74, 6) is 1.63. The van der Waals surface area contributed by atoms with Crippen LogP contribution in [0.15, 0.2) is 24.4 Å². The van der Waals surface area contributed by atoms with E-state index in [1.807, 2.05) is 12.3 Å². The van der Waals surface area contributed by atoms with E-state index in [4.69, 9.17) is 4.98 Å². The molecule has 0 amide bonds. The molecule has 1 saturated heterocycles. The quantitative estimate of drug-likeness (QED) is 0.909. The molecular weight excluding hydrogens is 248 g/mol. The number of hydrogen-bond donors (Lipinski definition) is 1. The number of hydrogen-bond acceptors (Lipinski definition) is 4. The molecule has 1 aliphatic heterocycles. The van der Waals surface area contributed by atoms with Crippen molar-refractivity contribution in [3.8, 4) is 0 Å². The predicted molar refractivity (Wildman–Crippen MR) is 83.1 cm³/mol. The second-order valence-electron chi connectivity index (χ2n) is 5.97. The van der Waals surface area contributed by atoms with Crippen LogP contribution < -0.4 is 10.2 Å².